The van der Waals surface area contributed by atoms with Crippen molar-refractivity contribution in [1.29, 1.82) is 0 Å². The zero-order chi connectivity index (χ0) is 13.7. The molecule has 0 spiro atoms. The highest BCUT2D eigenvalue weighted by Gasteiger charge is 2.03. The molecule has 2 rings (SSSR count). The normalized spacial score (nSPS) is 11.1. The topological polar surface area (TPSA) is 58.4 Å². The molecule has 2 N–H and O–H groups in total. The second kappa shape index (κ2) is 6.33. The maximum absolute atomic E-state index is 11.5. The molecule has 0 aliphatic rings. The first-order valence-corrected chi connectivity index (χ1v) is 6.55. The van der Waals surface area contributed by atoms with E-state index in [1.54, 1.807) is 0 Å². The van der Waals surface area contributed by atoms with Crippen LogP contribution >= 0.6 is 0 Å². The molecule has 2 aromatic heterocycles. The standard InChI is InChI=1S/C14H20N4O/c1-11(2)7-16-14(19)9-15-8-12-10-18-6-4-3-5-13(18)17-12/h3-6,10-11,15H,7-9H2,1-2H3,(H,16,19). The number of nitrogens with one attached hydrogen (secondary N) is 2. The zero-order valence-corrected chi connectivity index (χ0v) is 11.4. The number of pyridine rings is 1. The van der Waals surface area contributed by atoms with E-state index in [4.69, 9.17) is 0 Å². The molecule has 0 unspecified atom stereocenters. The molecule has 0 bridgehead atoms. The van der Waals surface area contributed by atoms with Crippen molar-refractivity contribution < 1.29 is 4.79 Å². The van der Waals surface area contributed by atoms with Gasteiger partial charge >= 0.3 is 0 Å². The smallest absolute Gasteiger partial charge is 0.233 e. The average molecular weight is 260 g/mol. The molecular weight excluding hydrogens is 240 g/mol. The number of carbonyl (C=O) groups excluding carboxylic acids is 1. The van der Waals surface area contributed by atoms with Gasteiger partial charge in [0.15, 0.2) is 0 Å². The van der Waals surface area contributed by atoms with E-state index < -0.39 is 0 Å². The first kappa shape index (κ1) is 13.5. The molecular formula is C14H20N4O. The van der Waals surface area contributed by atoms with Crippen LogP contribution in [0.1, 0.15) is 19.5 Å². The van der Waals surface area contributed by atoms with Crippen molar-refractivity contribution in [2.24, 2.45) is 5.92 Å². The average Bonchev–Trinajstić information content (AvgIpc) is 2.79. The third-order valence-corrected chi connectivity index (χ3v) is 2.71. The van der Waals surface area contributed by atoms with Gasteiger partial charge in [0.1, 0.15) is 5.65 Å². The molecule has 2 heterocycles. The number of rotatable bonds is 6. The molecule has 0 saturated heterocycles. The first-order chi connectivity index (χ1) is 9.15. The summed E-state index contributed by atoms with van der Waals surface area (Å²) in [6, 6.07) is 5.88. The lowest BCUT2D eigenvalue weighted by atomic mass is 10.2. The Hall–Kier alpha value is -1.88. The van der Waals surface area contributed by atoms with Crippen LogP contribution in [-0.4, -0.2) is 28.4 Å². The third kappa shape index (κ3) is 4.06. The highest BCUT2D eigenvalue weighted by molar-refractivity contribution is 5.77. The van der Waals surface area contributed by atoms with Crippen LogP contribution in [0.3, 0.4) is 0 Å². The predicted octanol–water partition coefficient (Wildman–Crippen LogP) is 1.20. The molecule has 5 nitrogen and oxygen atoms in total. The quantitative estimate of drug-likeness (QED) is 0.820. The van der Waals surface area contributed by atoms with Crippen LogP contribution in [0.15, 0.2) is 30.6 Å². The van der Waals surface area contributed by atoms with Crippen molar-refractivity contribution in [3.05, 3.63) is 36.3 Å². The zero-order valence-electron chi connectivity index (χ0n) is 11.4. The lowest BCUT2D eigenvalue weighted by Crippen LogP contribution is -2.35. The SMILES string of the molecule is CC(C)CNC(=O)CNCc1cn2ccccc2n1. The Morgan fingerprint density at radius 3 is 3.00 bits per heavy atom. The van der Waals surface area contributed by atoms with E-state index >= 15 is 0 Å². The van der Waals surface area contributed by atoms with Crippen LogP contribution in [0.2, 0.25) is 0 Å². The summed E-state index contributed by atoms with van der Waals surface area (Å²) in [4.78, 5) is 16.0. The lowest BCUT2D eigenvalue weighted by molar-refractivity contribution is -0.120. The maximum Gasteiger partial charge on any atom is 0.233 e. The van der Waals surface area contributed by atoms with Gasteiger partial charge in [-0.05, 0) is 18.1 Å². The minimum atomic E-state index is 0.0254. The predicted molar refractivity (Wildman–Crippen MR) is 74.7 cm³/mol. The first-order valence-electron chi connectivity index (χ1n) is 6.55. The summed E-state index contributed by atoms with van der Waals surface area (Å²) in [5.74, 6) is 0.500. The Morgan fingerprint density at radius 1 is 1.42 bits per heavy atom. The molecule has 0 saturated carbocycles. The van der Waals surface area contributed by atoms with E-state index in [2.05, 4.69) is 29.5 Å². The van der Waals surface area contributed by atoms with Gasteiger partial charge in [-0.25, -0.2) is 4.98 Å². The van der Waals surface area contributed by atoms with Gasteiger partial charge in [0, 0.05) is 25.5 Å². The van der Waals surface area contributed by atoms with Gasteiger partial charge in [0.05, 0.1) is 12.2 Å². The number of amides is 1. The lowest BCUT2D eigenvalue weighted by Gasteiger charge is -2.07. The molecule has 2 aromatic rings. The molecule has 0 aromatic carbocycles. The highest BCUT2D eigenvalue weighted by Crippen LogP contribution is 2.03. The van der Waals surface area contributed by atoms with Gasteiger partial charge in [0.25, 0.3) is 0 Å². The van der Waals surface area contributed by atoms with E-state index in [-0.39, 0.29) is 5.91 Å². The fraction of sp³-hybridized carbons (Fsp3) is 0.429. The number of hydrogen-bond acceptors (Lipinski definition) is 3. The van der Waals surface area contributed by atoms with Gasteiger partial charge < -0.3 is 15.0 Å². The summed E-state index contributed by atoms with van der Waals surface area (Å²) in [6.07, 6.45) is 3.93. The molecule has 5 heteroatoms. The molecule has 0 atom stereocenters. The summed E-state index contributed by atoms with van der Waals surface area (Å²) in [7, 11) is 0. The van der Waals surface area contributed by atoms with Crippen molar-refractivity contribution in [2.75, 3.05) is 13.1 Å². The second-order valence-corrected chi connectivity index (χ2v) is 5.00. The van der Waals surface area contributed by atoms with Gasteiger partial charge in [0.2, 0.25) is 5.91 Å². The fourth-order valence-corrected chi connectivity index (χ4v) is 1.76. The fourth-order valence-electron chi connectivity index (χ4n) is 1.76. The molecule has 1 amide bonds. The summed E-state index contributed by atoms with van der Waals surface area (Å²) >= 11 is 0. The number of nitrogens with zero attached hydrogens (tertiary/aromatic N) is 2. The number of hydrogen-bond donors (Lipinski definition) is 2. The molecule has 0 radical (unpaired) electrons. The Kier molecular flexibility index (Phi) is 4.52. The molecule has 0 fully saturated rings. The number of aromatic nitrogens is 2. The number of carbonyl (C=O) groups is 1. The summed E-state index contributed by atoms with van der Waals surface area (Å²) in [6.45, 7) is 5.78. The van der Waals surface area contributed by atoms with E-state index in [0.717, 1.165) is 17.9 Å². The van der Waals surface area contributed by atoms with Crippen molar-refractivity contribution in [1.82, 2.24) is 20.0 Å². The third-order valence-electron chi connectivity index (χ3n) is 2.71. The molecule has 0 aliphatic carbocycles. The van der Waals surface area contributed by atoms with Crippen LogP contribution < -0.4 is 10.6 Å². The minimum absolute atomic E-state index is 0.0254. The van der Waals surface area contributed by atoms with Gasteiger partial charge in [-0.15, -0.1) is 0 Å². The Bertz CT molecular complexity index is 514. The number of fused-ring (bicyclic) bond motifs is 1. The Balaban J connectivity index is 1.77. The molecule has 102 valence electrons. The monoisotopic (exact) mass is 260 g/mol. The van der Waals surface area contributed by atoms with Gasteiger partial charge in [-0.1, -0.05) is 19.9 Å². The van der Waals surface area contributed by atoms with E-state index in [0.29, 0.717) is 19.0 Å². The van der Waals surface area contributed by atoms with Crippen LogP contribution in [-0.2, 0) is 11.3 Å². The Morgan fingerprint density at radius 2 is 2.26 bits per heavy atom. The molecule has 19 heavy (non-hydrogen) atoms. The van der Waals surface area contributed by atoms with E-state index in [9.17, 15) is 4.79 Å². The molecule has 0 aliphatic heterocycles. The van der Waals surface area contributed by atoms with E-state index in [1.807, 2.05) is 35.0 Å². The van der Waals surface area contributed by atoms with Crippen molar-refractivity contribution in [3.8, 4) is 0 Å². The number of imidazole rings is 1. The van der Waals surface area contributed by atoms with Crippen molar-refractivity contribution in [2.45, 2.75) is 20.4 Å². The minimum Gasteiger partial charge on any atom is -0.355 e. The van der Waals surface area contributed by atoms with Crippen LogP contribution in [0.4, 0.5) is 0 Å². The summed E-state index contributed by atoms with van der Waals surface area (Å²) in [5, 5.41) is 5.97. The van der Waals surface area contributed by atoms with Crippen molar-refractivity contribution in [3.63, 3.8) is 0 Å². The highest BCUT2D eigenvalue weighted by atomic mass is 16.1. The van der Waals surface area contributed by atoms with E-state index in [1.165, 1.54) is 0 Å². The van der Waals surface area contributed by atoms with Crippen LogP contribution in [0, 0.1) is 5.92 Å². The Labute approximate surface area is 113 Å². The second-order valence-electron chi connectivity index (χ2n) is 5.00. The van der Waals surface area contributed by atoms with Crippen LogP contribution in [0.25, 0.3) is 5.65 Å². The van der Waals surface area contributed by atoms with Crippen molar-refractivity contribution >= 4 is 11.6 Å². The van der Waals surface area contributed by atoms with Crippen LogP contribution in [0.5, 0.6) is 0 Å². The largest absolute Gasteiger partial charge is 0.355 e. The maximum atomic E-state index is 11.5. The van der Waals surface area contributed by atoms with Gasteiger partial charge in [-0.2, -0.15) is 0 Å². The summed E-state index contributed by atoms with van der Waals surface area (Å²) in [5.41, 5.74) is 1.85. The summed E-state index contributed by atoms with van der Waals surface area (Å²) < 4.78 is 1.97. The van der Waals surface area contributed by atoms with Gasteiger partial charge in [-0.3, -0.25) is 4.79 Å².